The highest BCUT2D eigenvalue weighted by Gasteiger charge is 2.43. The van der Waals surface area contributed by atoms with Crippen LogP contribution in [-0.2, 0) is 4.79 Å². The highest BCUT2D eigenvalue weighted by atomic mass is 35.5. The van der Waals surface area contributed by atoms with Crippen LogP contribution in [0.3, 0.4) is 0 Å². The van der Waals surface area contributed by atoms with Crippen molar-refractivity contribution in [1.29, 1.82) is 0 Å². The maximum atomic E-state index is 15.3. The fraction of sp³-hybridized carbons (Fsp3) is 0.286. The number of aromatic amines is 1. The topological polar surface area (TPSA) is 75.1 Å². The van der Waals surface area contributed by atoms with E-state index >= 15 is 4.39 Å². The Labute approximate surface area is 185 Å². The van der Waals surface area contributed by atoms with Gasteiger partial charge in [-0.3, -0.25) is 9.89 Å². The quantitative estimate of drug-likeness (QED) is 0.418. The Bertz CT molecular complexity index is 1340. The van der Waals surface area contributed by atoms with Crippen LogP contribution in [0.1, 0.15) is 24.2 Å². The summed E-state index contributed by atoms with van der Waals surface area (Å²) in [6.45, 7) is 1.92. The van der Waals surface area contributed by atoms with Gasteiger partial charge in [0.2, 0.25) is 5.91 Å². The van der Waals surface area contributed by atoms with E-state index < -0.39 is 17.9 Å². The summed E-state index contributed by atoms with van der Waals surface area (Å²) in [4.78, 5) is 16.3. The number of carbonyl (C=O) groups excluding carboxylic acids is 1. The predicted octanol–water partition coefficient (Wildman–Crippen LogP) is 5.39. The van der Waals surface area contributed by atoms with Gasteiger partial charge in [0.25, 0.3) is 0 Å². The van der Waals surface area contributed by atoms with Gasteiger partial charge in [-0.25, -0.2) is 13.8 Å². The van der Waals surface area contributed by atoms with Crippen molar-refractivity contribution in [1.82, 2.24) is 19.6 Å². The van der Waals surface area contributed by atoms with Crippen LogP contribution in [0.15, 0.2) is 30.7 Å². The number of aromatic nitrogens is 4. The van der Waals surface area contributed by atoms with Crippen molar-refractivity contribution in [3.05, 3.63) is 47.1 Å². The first-order valence-corrected chi connectivity index (χ1v) is 11.4. The van der Waals surface area contributed by atoms with Gasteiger partial charge in [-0.15, -0.1) is 0 Å². The van der Waals surface area contributed by atoms with E-state index in [1.54, 1.807) is 35.1 Å². The van der Waals surface area contributed by atoms with Gasteiger partial charge in [0.15, 0.2) is 5.82 Å². The van der Waals surface area contributed by atoms with E-state index in [9.17, 15) is 9.18 Å². The van der Waals surface area contributed by atoms with Crippen LogP contribution in [0.4, 0.5) is 14.6 Å². The van der Waals surface area contributed by atoms with Crippen molar-refractivity contribution in [2.75, 3.05) is 11.6 Å². The molecule has 5 rings (SSSR count). The number of carbonyl (C=O) groups is 1. The van der Waals surface area contributed by atoms with Gasteiger partial charge in [0.1, 0.15) is 17.6 Å². The van der Waals surface area contributed by atoms with E-state index in [0.717, 1.165) is 5.39 Å². The first kappa shape index (κ1) is 20.3. The lowest BCUT2D eigenvalue weighted by molar-refractivity contribution is -0.117. The number of amides is 1. The fourth-order valence-corrected chi connectivity index (χ4v) is 4.54. The number of thioether (sulfide) groups is 1. The number of pyridine rings is 1. The number of fused-ring (bicyclic) bond motifs is 2. The molecule has 31 heavy (non-hydrogen) atoms. The number of hydrogen-bond donors (Lipinski definition) is 2. The molecule has 1 saturated carbocycles. The molecular weight excluding hydrogens is 444 g/mol. The van der Waals surface area contributed by atoms with Crippen LogP contribution >= 0.6 is 23.4 Å². The smallest absolute Gasteiger partial charge is 0.231 e. The van der Waals surface area contributed by atoms with Gasteiger partial charge in [0.05, 0.1) is 28.9 Å². The van der Waals surface area contributed by atoms with Crippen LogP contribution in [0.25, 0.3) is 27.7 Å². The molecule has 0 bridgehead atoms. The maximum absolute atomic E-state index is 15.3. The number of rotatable bonds is 5. The van der Waals surface area contributed by atoms with E-state index in [-0.39, 0.29) is 22.6 Å². The van der Waals surface area contributed by atoms with Gasteiger partial charge in [-0.2, -0.15) is 16.9 Å². The number of anilines is 1. The molecule has 10 heteroatoms. The Hall–Kier alpha value is -2.65. The van der Waals surface area contributed by atoms with Crippen molar-refractivity contribution < 1.29 is 13.6 Å². The molecule has 3 atom stereocenters. The third-order valence-electron chi connectivity index (χ3n) is 5.63. The first-order chi connectivity index (χ1) is 14.9. The monoisotopic (exact) mass is 461 g/mol. The lowest BCUT2D eigenvalue weighted by Crippen LogP contribution is -2.15. The van der Waals surface area contributed by atoms with Gasteiger partial charge >= 0.3 is 0 Å². The molecule has 3 unspecified atom stereocenters. The lowest BCUT2D eigenvalue weighted by Gasteiger charge is -2.16. The van der Waals surface area contributed by atoms with Crippen molar-refractivity contribution in [3.8, 4) is 11.1 Å². The normalized spacial score (nSPS) is 19.1. The molecule has 6 nitrogen and oxygen atoms in total. The molecular formula is C21H18ClF2N5OS. The summed E-state index contributed by atoms with van der Waals surface area (Å²) in [5.41, 5.74) is 2.89. The average Bonchev–Trinajstić information content (AvgIpc) is 3.12. The van der Waals surface area contributed by atoms with E-state index in [0.29, 0.717) is 33.7 Å². The molecule has 1 aliphatic rings. The molecule has 160 valence electrons. The third-order valence-corrected chi connectivity index (χ3v) is 6.92. The number of nitrogens with zero attached hydrogens (tertiary/aromatic N) is 3. The molecule has 1 fully saturated rings. The molecule has 1 aliphatic carbocycles. The standard InChI is InChI=1S/C21H18ClF2N5OS/c1-9(31-2)16-19(24)18(22)17(12-6-25-28-20(12)16)10-3-4-15-26-14(8-29(15)7-10)27-21(30)11-5-13(11)23/h3-4,6-9,11,13H,5H2,1-2H3,(H,25,28)(H,27,30). The Morgan fingerprint density at radius 3 is 2.90 bits per heavy atom. The zero-order valence-corrected chi connectivity index (χ0v) is 18.2. The minimum atomic E-state index is -1.07. The number of alkyl halides is 1. The second kappa shape index (κ2) is 7.49. The summed E-state index contributed by atoms with van der Waals surface area (Å²) >= 11 is 8.03. The highest BCUT2D eigenvalue weighted by Crippen LogP contribution is 2.43. The SMILES string of the molecule is CSC(C)c1c(F)c(Cl)c(-c2ccc3nc(NC(=O)C4CC4F)cn3c2)c2cn[nH]c12. The van der Waals surface area contributed by atoms with Crippen LogP contribution in [0.2, 0.25) is 5.02 Å². The summed E-state index contributed by atoms with van der Waals surface area (Å²) in [6, 6.07) is 3.54. The van der Waals surface area contributed by atoms with Crippen LogP contribution in [0.5, 0.6) is 0 Å². The Morgan fingerprint density at radius 1 is 1.42 bits per heavy atom. The van der Waals surface area contributed by atoms with E-state index in [1.807, 2.05) is 13.2 Å². The number of halogens is 3. The molecule has 3 heterocycles. The third kappa shape index (κ3) is 3.36. The number of imidazole rings is 1. The molecule has 1 amide bonds. The Morgan fingerprint density at radius 2 is 2.19 bits per heavy atom. The van der Waals surface area contributed by atoms with Gasteiger partial charge in [-0.05, 0) is 31.7 Å². The zero-order valence-electron chi connectivity index (χ0n) is 16.6. The van der Waals surface area contributed by atoms with E-state index in [4.69, 9.17) is 11.6 Å². The molecule has 0 aliphatic heterocycles. The number of benzene rings is 1. The molecule has 4 aromatic rings. The number of nitrogens with one attached hydrogen (secondary N) is 2. The molecule has 0 saturated heterocycles. The van der Waals surface area contributed by atoms with Crippen molar-refractivity contribution in [3.63, 3.8) is 0 Å². The Kier molecular flexibility index (Phi) is 4.90. The van der Waals surface area contributed by atoms with Crippen molar-refractivity contribution in [2.24, 2.45) is 5.92 Å². The van der Waals surface area contributed by atoms with Crippen LogP contribution in [0, 0.1) is 11.7 Å². The summed E-state index contributed by atoms with van der Waals surface area (Å²) in [7, 11) is 0. The molecule has 0 radical (unpaired) electrons. The lowest BCUT2D eigenvalue weighted by atomic mass is 9.98. The average molecular weight is 462 g/mol. The predicted molar refractivity (Wildman–Crippen MR) is 119 cm³/mol. The Balaban J connectivity index is 1.58. The first-order valence-electron chi connectivity index (χ1n) is 9.69. The number of H-pyrrole nitrogens is 1. The van der Waals surface area contributed by atoms with Crippen LogP contribution in [-0.4, -0.2) is 37.9 Å². The summed E-state index contributed by atoms with van der Waals surface area (Å²) in [5, 5.41) is 10.3. The molecule has 1 aromatic carbocycles. The summed E-state index contributed by atoms with van der Waals surface area (Å²) < 4.78 is 30.1. The van der Waals surface area contributed by atoms with Crippen molar-refractivity contribution >= 4 is 51.6 Å². The maximum Gasteiger partial charge on any atom is 0.231 e. The van der Waals surface area contributed by atoms with Crippen molar-refractivity contribution in [2.45, 2.75) is 24.8 Å². The largest absolute Gasteiger partial charge is 0.309 e. The molecule has 0 spiro atoms. The van der Waals surface area contributed by atoms with Gasteiger partial charge < -0.3 is 9.72 Å². The minimum Gasteiger partial charge on any atom is -0.309 e. The van der Waals surface area contributed by atoms with Crippen LogP contribution < -0.4 is 5.32 Å². The number of hydrogen-bond acceptors (Lipinski definition) is 4. The van der Waals surface area contributed by atoms with Gasteiger partial charge in [0, 0.05) is 33.5 Å². The minimum absolute atomic E-state index is 0.0283. The second-order valence-electron chi connectivity index (χ2n) is 7.61. The summed E-state index contributed by atoms with van der Waals surface area (Å²) in [5.74, 6) is -1.12. The van der Waals surface area contributed by atoms with E-state index in [2.05, 4.69) is 20.5 Å². The summed E-state index contributed by atoms with van der Waals surface area (Å²) in [6.07, 6.45) is 6.12. The second-order valence-corrected chi connectivity index (χ2v) is 9.17. The zero-order chi connectivity index (χ0) is 21.9. The molecule has 2 N–H and O–H groups in total. The van der Waals surface area contributed by atoms with E-state index in [1.165, 1.54) is 11.8 Å². The van der Waals surface area contributed by atoms with Gasteiger partial charge in [-0.1, -0.05) is 11.6 Å². The fourth-order valence-electron chi connectivity index (χ4n) is 3.77. The highest BCUT2D eigenvalue weighted by molar-refractivity contribution is 7.98. The molecule has 3 aromatic heterocycles.